The number of anilines is 1. The number of carbonyl (C=O) groups excluding carboxylic acids is 2. The van der Waals surface area contributed by atoms with Crippen LogP contribution in [0.1, 0.15) is 42.6 Å². The Labute approximate surface area is 234 Å². The van der Waals surface area contributed by atoms with Crippen molar-refractivity contribution in [2.75, 3.05) is 12.4 Å². The van der Waals surface area contributed by atoms with Gasteiger partial charge in [-0.2, -0.15) is 13.2 Å². The molecule has 0 radical (unpaired) electrons. The van der Waals surface area contributed by atoms with Crippen molar-refractivity contribution in [1.29, 1.82) is 0 Å². The topological polar surface area (TPSA) is 95.3 Å². The van der Waals surface area contributed by atoms with Gasteiger partial charge in [0.15, 0.2) is 5.82 Å². The van der Waals surface area contributed by atoms with Crippen LogP contribution in [0, 0.1) is 0 Å². The number of aryl methyl sites for hydroxylation is 1. The zero-order chi connectivity index (χ0) is 29.4. The zero-order valence-electron chi connectivity index (χ0n) is 22.5. The Kier molecular flexibility index (Phi) is 7.29. The zero-order valence-corrected chi connectivity index (χ0v) is 22.5. The van der Waals surface area contributed by atoms with Crippen LogP contribution in [-0.4, -0.2) is 34.2 Å². The van der Waals surface area contributed by atoms with Crippen molar-refractivity contribution in [3.63, 3.8) is 0 Å². The highest BCUT2D eigenvalue weighted by molar-refractivity contribution is 5.89. The van der Waals surface area contributed by atoms with Crippen LogP contribution in [0.5, 0.6) is 0 Å². The number of esters is 1. The van der Waals surface area contributed by atoms with Crippen LogP contribution in [0.25, 0.3) is 22.4 Å². The van der Waals surface area contributed by atoms with Gasteiger partial charge in [0.25, 0.3) is 0 Å². The summed E-state index contributed by atoms with van der Waals surface area (Å²) in [5, 5.41) is 10.8. The fourth-order valence-corrected chi connectivity index (χ4v) is 4.75. The molecule has 212 valence electrons. The molecule has 1 atom stereocenters. The molecule has 0 saturated heterocycles. The van der Waals surface area contributed by atoms with Crippen LogP contribution < -0.4 is 5.32 Å². The first-order chi connectivity index (χ1) is 19.5. The number of halogens is 3. The molecule has 1 aliphatic carbocycles. The second-order valence-electron chi connectivity index (χ2n) is 9.93. The largest absolute Gasteiger partial charge is 0.468 e. The molecule has 0 aliphatic heterocycles. The van der Waals surface area contributed by atoms with Gasteiger partial charge in [0.2, 0.25) is 0 Å². The summed E-state index contributed by atoms with van der Waals surface area (Å²) in [4.78, 5) is 24.8. The number of aromatic nitrogens is 3. The molecule has 8 nitrogen and oxygen atoms in total. The van der Waals surface area contributed by atoms with E-state index in [2.05, 4.69) is 15.6 Å². The second-order valence-corrected chi connectivity index (χ2v) is 9.93. The summed E-state index contributed by atoms with van der Waals surface area (Å²) in [6, 6.07) is 19.9. The molecule has 0 bridgehead atoms. The Hall–Kier alpha value is -4.67. The number of carbonyl (C=O) groups is 2. The van der Waals surface area contributed by atoms with E-state index in [-0.39, 0.29) is 17.4 Å². The first-order valence-corrected chi connectivity index (χ1v) is 12.9. The molecule has 1 N–H and O–H groups in total. The summed E-state index contributed by atoms with van der Waals surface area (Å²) in [5.74, 6) is 0.0536. The maximum atomic E-state index is 13.1. The first-order valence-electron chi connectivity index (χ1n) is 12.9. The molecule has 4 aromatic rings. The van der Waals surface area contributed by atoms with E-state index in [1.54, 1.807) is 7.05 Å². The molecule has 1 unspecified atom stereocenters. The third-order valence-electron chi connectivity index (χ3n) is 7.27. The lowest BCUT2D eigenvalue weighted by molar-refractivity contribution is -0.143. The lowest BCUT2D eigenvalue weighted by Gasteiger charge is -2.16. The molecule has 1 heterocycles. The number of hydrogen-bond donors (Lipinski definition) is 1. The van der Waals surface area contributed by atoms with Crippen molar-refractivity contribution in [1.82, 2.24) is 15.0 Å². The lowest BCUT2D eigenvalue weighted by atomic mass is 9.93. The van der Waals surface area contributed by atoms with Gasteiger partial charge in [-0.25, -0.2) is 9.48 Å². The van der Waals surface area contributed by atoms with E-state index in [0.29, 0.717) is 11.3 Å². The fraction of sp³-hybridized carbons (Fsp3) is 0.267. The minimum atomic E-state index is -4.50. The highest BCUT2D eigenvalue weighted by Crippen LogP contribution is 2.49. The SMILES string of the molecule is COC(=O)C1(c2ccc(-c3ccc(-c4nnn(C)c4NC(=O)OC(C)c4cccc(C(F)(F)F)c4)cc3)cc2)CC1. The van der Waals surface area contributed by atoms with E-state index in [0.717, 1.165) is 41.7 Å². The summed E-state index contributed by atoms with van der Waals surface area (Å²) in [6.45, 7) is 1.49. The van der Waals surface area contributed by atoms with E-state index in [9.17, 15) is 22.8 Å². The van der Waals surface area contributed by atoms with Gasteiger partial charge in [0.1, 0.15) is 11.8 Å². The third-order valence-corrected chi connectivity index (χ3v) is 7.27. The normalized spacial score (nSPS) is 14.7. The maximum Gasteiger partial charge on any atom is 0.416 e. The van der Waals surface area contributed by atoms with E-state index in [4.69, 9.17) is 9.47 Å². The van der Waals surface area contributed by atoms with Gasteiger partial charge in [-0.3, -0.25) is 10.1 Å². The van der Waals surface area contributed by atoms with Crippen molar-refractivity contribution in [3.8, 4) is 22.4 Å². The highest BCUT2D eigenvalue weighted by atomic mass is 19.4. The van der Waals surface area contributed by atoms with Gasteiger partial charge in [-0.1, -0.05) is 65.9 Å². The molecule has 1 fully saturated rings. The Balaban J connectivity index is 1.28. The molecular weight excluding hydrogens is 537 g/mol. The number of nitrogens with zero attached hydrogens (tertiary/aromatic N) is 3. The van der Waals surface area contributed by atoms with Crippen LogP contribution in [0.15, 0.2) is 72.8 Å². The van der Waals surface area contributed by atoms with E-state index < -0.39 is 29.4 Å². The number of rotatable bonds is 7. The van der Waals surface area contributed by atoms with E-state index in [1.807, 2.05) is 48.5 Å². The molecule has 41 heavy (non-hydrogen) atoms. The Morgan fingerprint density at radius 2 is 1.59 bits per heavy atom. The Morgan fingerprint density at radius 3 is 2.17 bits per heavy atom. The van der Waals surface area contributed by atoms with E-state index >= 15 is 0 Å². The minimum absolute atomic E-state index is 0.208. The van der Waals surface area contributed by atoms with Crippen LogP contribution in [0.3, 0.4) is 0 Å². The predicted octanol–water partition coefficient (Wildman–Crippen LogP) is 6.68. The van der Waals surface area contributed by atoms with Crippen LogP contribution in [0.4, 0.5) is 23.8 Å². The van der Waals surface area contributed by atoms with Gasteiger partial charge in [0.05, 0.1) is 18.1 Å². The van der Waals surface area contributed by atoms with Crippen LogP contribution in [-0.2, 0) is 32.9 Å². The molecular formula is C30H27F3N4O4. The summed E-state index contributed by atoms with van der Waals surface area (Å²) < 4.78 is 50.9. The van der Waals surface area contributed by atoms with Crippen molar-refractivity contribution in [2.24, 2.45) is 7.05 Å². The highest BCUT2D eigenvalue weighted by Gasteiger charge is 2.52. The van der Waals surface area contributed by atoms with Gasteiger partial charge in [-0.15, -0.1) is 5.10 Å². The molecule has 1 saturated carbocycles. The molecule has 0 spiro atoms. The number of amides is 1. The number of benzene rings is 3. The lowest BCUT2D eigenvalue weighted by Crippen LogP contribution is -2.21. The fourth-order valence-electron chi connectivity index (χ4n) is 4.75. The summed E-state index contributed by atoms with van der Waals surface area (Å²) in [6.07, 6.45) is -4.75. The van der Waals surface area contributed by atoms with Gasteiger partial charge in [-0.05, 0) is 54.2 Å². The predicted molar refractivity (Wildman–Crippen MR) is 145 cm³/mol. The minimum Gasteiger partial charge on any atom is -0.468 e. The smallest absolute Gasteiger partial charge is 0.416 e. The number of hydrogen-bond acceptors (Lipinski definition) is 6. The Bertz CT molecular complexity index is 1580. The molecule has 5 rings (SSSR count). The van der Waals surface area contributed by atoms with Crippen LogP contribution in [0.2, 0.25) is 0 Å². The summed E-state index contributed by atoms with van der Waals surface area (Å²) in [5.41, 5.74) is 2.78. The monoisotopic (exact) mass is 564 g/mol. The number of nitrogens with one attached hydrogen (secondary N) is 1. The average Bonchev–Trinajstić information content (AvgIpc) is 3.71. The van der Waals surface area contributed by atoms with Crippen molar-refractivity contribution < 1.29 is 32.2 Å². The quantitative estimate of drug-likeness (QED) is 0.252. The Morgan fingerprint density at radius 1 is 0.976 bits per heavy atom. The van der Waals surface area contributed by atoms with E-state index in [1.165, 1.54) is 30.8 Å². The molecule has 1 amide bonds. The standard InChI is InChI=1S/C30H27F3N4O4/c1-18(22-5-4-6-24(17-22)30(31,32)33)41-28(39)34-26-25(35-36-37(26)2)21-9-7-19(8-10-21)20-11-13-23(14-12-20)29(15-16-29)27(38)40-3/h4-14,17-18H,15-16H2,1-3H3,(H,34,39). The average molecular weight is 565 g/mol. The van der Waals surface area contributed by atoms with Crippen molar-refractivity contribution in [2.45, 2.75) is 37.5 Å². The second kappa shape index (κ2) is 10.7. The van der Waals surface area contributed by atoms with Gasteiger partial charge >= 0.3 is 18.2 Å². The van der Waals surface area contributed by atoms with Gasteiger partial charge < -0.3 is 9.47 Å². The number of alkyl halides is 3. The van der Waals surface area contributed by atoms with Crippen LogP contribution >= 0.6 is 0 Å². The van der Waals surface area contributed by atoms with Crippen molar-refractivity contribution in [3.05, 3.63) is 89.5 Å². The van der Waals surface area contributed by atoms with Gasteiger partial charge in [0, 0.05) is 12.6 Å². The summed E-state index contributed by atoms with van der Waals surface area (Å²) >= 11 is 0. The molecule has 1 aromatic heterocycles. The molecule has 11 heteroatoms. The number of methoxy groups -OCH3 is 1. The third kappa shape index (κ3) is 5.65. The first kappa shape index (κ1) is 27.9. The summed E-state index contributed by atoms with van der Waals surface area (Å²) in [7, 11) is 3.00. The van der Waals surface area contributed by atoms with Crippen molar-refractivity contribution >= 4 is 17.9 Å². The molecule has 3 aromatic carbocycles. The number of ether oxygens (including phenoxy) is 2. The maximum absolute atomic E-state index is 13.1. The molecule has 1 aliphatic rings.